The van der Waals surface area contributed by atoms with Crippen LogP contribution in [0.15, 0.2) is 18.2 Å². The van der Waals surface area contributed by atoms with E-state index in [0.717, 1.165) is 24.5 Å². The third kappa shape index (κ3) is 4.95. The maximum Gasteiger partial charge on any atom is 0.227 e. The minimum Gasteiger partial charge on any atom is -0.370 e. The molecule has 2 heterocycles. The maximum atomic E-state index is 12.8. The number of nitrogens with one attached hydrogen (secondary N) is 1. The number of amides is 2. The van der Waals surface area contributed by atoms with Gasteiger partial charge in [0.2, 0.25) is 11.8 Å². The quantitative estimate of drug-likeness (QED) is 0.838. The summed E-state index contributed by atoms with van der Waals surface area (Å²) in [6, 6.07) is 5.74. The summed E-state index contributed by atoms with van der Waals surface area (Å²) in [4.78, 5) is 29.2. The van der Waals surface area contributed by atoms with Crippen LogP contribution in [0.2, 0.25) is 5.02 Å². The first-order valence-electron chi connectivity index (χ1n) is 10.1. The SMILES string of the molecule is CC(C)C(=O)N1CCC(C(=O)Nc2cc(Cl)ccc2N2CCCCC2)CC1. The summed E-state index contributed by atoms with van der Waals surface area (Å²) in [6.45, 7) is 7.18. The van der Waals surface area contributed by atoms with Crippen molar-refractivity contribution >= 4 is 34.8 Å². The summed E-state index contributed by atoms with van der Waals surface area (Å²) in [6.07, 6.45) is 5.05. The Morgan fingerprint density at radius 2 is 1.74 bits per heavy atom. The number of anilines is 2. The first kappa shape index (κ1) is 20.0. The smallest absolute Gasteiger partial charge is 0.227 e. The first-order chi connectivity index (χ1) is 13.0. The molecule has 0 aromatic heterocycles. The van der Waals surface area contributed by atoms with Gasteiger partial charge < -0.3 is 15.1 Å². The van der Waals surface area contributed by atoms with E-state index in [9.17, 15) is 9.59 Å². The molecule has 2 amide bonds. The maximum absolute atomic E-state index is 12.8. The van der Waals surface area contributed by atoms with E-state index < -0.39 is 0 Å². The fourth-order valence-electron chi connectivity index (χ4n) is 3.98. The Kier molecular flexibility index (Phi) is 6.64. The van der Waals surface area contributed by atoms with E-state index in [1.54, 1.807) is 0 Å². The molecule has 0 unspecified atom stereocenters. The van der Waals surface area contributed by atoms with Crippen LogP contribution in [-0.4, -0.2) is 42.9 Å². The van der Waals surface area contributed by atoms with Crippen molar-refractivity contribution in [3.63, 3.8) is 0 Å². The van der Waals surface area contributed by atoms with E-state index in [0.29, 0.717) is 31.0 Å². The topological polar surface area (TPSA) is 52.7 Å². The van der Waals surface area contributed by atoms with Crippen LogP contribution in [0.4, 0.5) is 11.4 Å². The van der Waals surface area contributed by atoms with Crippen molar-refractivity contribution in [1.29, 1.82) is 0 Å². The Bertz CT molecular complexity index is 678. The normalized spacial score (nSPS) is 18.7. The second kappa shape index (κ2) is 8.96. The van der Waals surface area contributed by atoms with Crippen molar-refractivity contribution < 1.29 is 9.59 Å². The van der Waals surface area contributed by atoms with E-state index in [-0.39, 0.29) is 23.7 Å². The van der Waals surface area contributed by atoms with Gasteiger partial charge in [-0.2, -0.15) is 0 Å². The second-order valence-corrected chi connectivity index (χ2v) is 8.39. The zero-order chi connectivity index (χ0) is 19.4. The molecule has 2 fully saturated rings. The van der Waals surface area contributed by atoms with Crippen molar-refractivity contribution in [2.45, 2.75) is 46.0 Å². The van der Waals surface area contributed by atoms with Gasteiger partial charge in [-0.05, 0) is 50.3 Å². The van der Waals surface area contributed by atoms with Gasteiger partial charge in [0.15, 0.2) is 0 Å². The molecule has 1 N–H and O–H groups in total. The largest absolute Gasteiger partial charge is 0.370 e. The number of hydrogen-bond acceptors (Lipinski definition) is 3. The van der Waals surface area contributed by atoms with Gasteiger partial charge in [0.25, 0.3) is 0 Å². The highest BCUT2D eigenvalue weighted by Crippen LogP contribution is 2.32. The van der Waals surface area contributed by atoms with E-state index in [2.05, 4.69) is 10.2 Å². The van der Waals surface area contributed by atoms with Gasteiger partial charge in [-0.3, -0.25) is 9.59 Å². The molecule has 2 aliphatic heterocycles. The minimum absolute atomic E-state index is 0.00828. The van der Waals surface area contributed by atoms with E-state index in [1.165, 1.54) is 19.3 Å². The van der Waals surface area contributed by atoms with E-state index in [4.69, 9.17) is 11.6 Å². The molecule has 0 atom stereocenters. The minimum atomic E-state index is -0.0607. The van der Waals surface area contributed by atoms with Crippen LogP contribution in [0.25, 0.3) is 0 Å². The zero-order valence-electron chi connectivity index (χ0n) is 16.3. The number of carbonyl (C=O) groups excluding carboxylic acids is 2. The molecule has 2 saturated heterocycles. The number of likely N-dealkylation sites (tertiary alicyclic amines) is 1. The summed E-state index contributed by atoms with van der Waals surface area (Å²) in [5, 5.41) is 3.74. The molecule has 0 bridgehead atoms. The highest BCUT2D eigenvalue weighted by molar-refractivity contribution is 6.31. The van der Waals surface area contributed by atoms with Crippen molar-refractivity contribution in [1.82, 2.24) is 4.90 Å². The number of halogens is 1. The standard InChI is InChI=1S/C21H30ClN3O2/c1-15(2)21(27)25-12-8-16(9-13-25)20(26)23-18-14-17(22)6-7-19(18)24-10-4-3-5-11-24/h6-7,14-16H,3-5,8-13H2,1-2H3,(H,23,26). The van der Waals surface area contributed by atoms with Crippen LogP contribution >= 0.6 is 11.6 Å². The van der Waals surface area contributed by atoms with Crippen LogP contribution in [0.5, 0.6) is 0 Å². The Labute approximate surface area is 167 Å². The fourth-order valence-corrected chi connectivity index (χ4v) is 4.15. The molecule has 27 heavy (non-hydrogen) atoms. The first-order valence-corrected chi connectivity index (χ1v) is 10.5. The molecular weight excluding hydrogens is 362 g/mol. The van der Waals surface area contributed by atoms with Gasteiger partial charge in [0.05, 0.1) is 11.4 Å². The fraction of sp³-hybridized carbons (Fsp3) is 0.619. The number of piperidine rings is 2. The number of rotatable bonds is 4. The lowest BCUT2D eigenvalue weighted by molar-refractivity contribution is -0.137. The van der Waals surface area contributed by atoms with Crippen molar-refractivity contribution in [2.75, 3.05) is 36.4 Å². The Balaban J connectivity index is 1.64. The van der Waals surface area contributed by atoms with Gasteiger partial charge in [-0.25, -0.2) is 0 Å². The monoisotopic (exact) mass is 391 g/mol. The van der Waals surface area contributed by atoms with Gasteiger partial charge in [0, 0.05) is 43.0 Å². The molecule has 3 rings (SSSR count). The third-order valence-electron chi connectivity index (χ3n) is 5.58. The lowest BCUT2D eigenvalue weighted by Crippen LogP contribution is -2.43. The zero-order valence-corrected chi connectivity index (χ0v) is 17.1. The van der Waals surface area contributed by atoms with Gasteiger partial charge in [-0.15, -0.1) is 0 Å². The highest BCUT2D eigenvalue weighted by atomic mass is 35.5. The number of hydrogen-bond donors (Lipinski definition) is 1. The molecule has 1 aromatic carbocycles. The van der Waals surface area contributed by atoms with Gasteiger partial charge in [-0.1, -0.05) is 25.4 Å². The van der Waals surface area contributed by atoms with Gasteiger partial charge >= 0.3 is 0 Å². The predicted molar refractivity (Wildman–Crippen MR) is 110 cm³/mol. The molecule has 148 valence electrons. The predicted octanol–water partition coefficient (Wildman–Crippen LogP) is 4.16. The lowest BCUT2D eigenvalue weighted by Gasteiger charge is -2.33. The molecule has 5 nitrogen and oxygen atoms in total. The average molecular weight is 392 g/mol. The molecule has 1 aromatic rings. The number of nitrogens with zero attached hydrogens (tertiary/aromatic N) is 2. The van der Waals surface area contributed by atoms with Crippen LogP contribution < -0.4 is 10.2 Å². The average Bonchev–Trinajstić information content (AvgIpc) is 2.68. The molecular formula is C21H30ClN3O2. The summed E-state index contributed by atoms with van der Waals surface area (Å²) in [7, 11) is 0. The second-order valence-electron chi connectivity index (χ2n) is 7.95. The highest BCUT2D eigenvalue weighted by Gasteiger charge is 2.29. The van der Waals surface area contributed by atoms with E-state index >= 15 is 0 Å². The van der Waals surface area contributed by atoms with Crippen molar-refractivity contribution in [2.24, 2.45) is 11.8 Å². The summed E-state index contributed by atoms with van der Waals surface area (Å²) >= 11 is 6.19. The van der Waals surface area contributed by atoms with Crippen LogP contribution in [0.3, 0.4) is 0 Å². The van der Waals surface area contributed by atoms with Crippen molar-refractivity contribution in [3.8, 4) is 0 Å². The number of benzene rings is 1. The summed E-state index contributed by atoms with van der Waals surface area (Å²) in [5.41, 5.74) is 1.86. The lowest BCUT2D eigenvalue weighted by atomic mass is 9.95. The molecule has 0 aliphatic carbocycles. The Hall–Kier alpha value is -1.75. The number of carbonyl (C=O) groups is 2. The third-order valence-corrected chi connectivity index (χ3v) is 5.82. The van der Waals surface area contributed by atoms with Crippen LogP contribution in [0.1, 0.15) is 46.0 Å². The summed E-state index contributed by atoms with van der Waals surface area (Å²) < 4.78 is 0. The van der Waals surface area contributed by atoms with Crippen molar-refractivity contribution in [3.05, 3.63) is 23.2 Å². The molecule has 0 radical (unpaired) electrons. The molecule has 0 spiro atoms. The summed E-state index contributed by atoms with van der Waals surface area (Å²) in [5.74, 6) is 0.159. The van der Waals surface area contributed by atoms with Gasteiger partial charge in [0.1, 0.15) is 0 Å². The van der Waals surface area contributed by atoms with Crippen LogP contribution in [-0.2, 0) is 9.59 Å². The van der Waals surface area contributed by atoms with E-state index in [1.807, 2.05) is 36.9 Å². The van der Waals surface area contributed by atoms with Crippen LogP contribution in [0, 0.1) is 11.8 Å². The molecule has 6 heteroatoms. The molecule has 0 saturated carbocycles. The Morgan fingerprint density at radius 1 is 1.07 bits per heavy atom. The molecule has 2 aliphatic rings. The Morgan fingerprint density at radius 3 is 2.37 bits per heavy atom.